The van der Waals surface area contributed by atoms with Gasteiger partial charge in [0.1, 0.15) is 13.2 Å². The lowest BCUT2D eigenvalue weighted by molar-refractivity contribution is -0.167. The molecule has 0 aliphatic carbocycles. The minimum atomic E-state index is -0.784. The van der Waals surface area contributed by atoms with Gasteiger partial charge in [0.15, 0.2) is 6.10 Å². The monoisotopic (exact) mass is 1060 g/mol. The van der Waals surface area contributed by atoms with Crippen molar-refractivity contribution in [2.24, 2.45) is 0 Å². The summed E-state index contributed by atoms with van der Waals surface area (Å²) in [5.41, 5.74) is 0. The average Bonchev–Trinajstić information content (AvgIpc) is 3.43. The predicted octanol–water partition coefficient (Wildman–Crippen LogP) is 21.8. The topological polar surface area (TPSA) is 78.9 Å². The SMILES string of the molecule is CC/C=C\C/C=C\C/C=C\C/C=C\C/C=C\C/C=C\CCCCCCCCCCC(=O)OCC(COC(=O)CCCCCCC)OC(=O)CCCCCCCCCCCCC/C=C\C/C=C\C/C=C\C/C=C\C/C=C\CC. The summed E-state index contributed by atoms with van der Waals surface area (Å²) in [4.78, 5) is 37.9. The van der Waals surface area contributed by atoms with Crippen LogP contribution >= 0.6 is 0 Å². The maximum atomic E-state index is 12.8. The van der Waals surface area contributed by atoms with E-state index in [1.54, 1.807) is 0 Å². The number of carbonyl (C=O) groups is 3. The van der Waals surface area contributed by atoms with Crippen LogP contribution in [0.25, 0.3) is 0 Å². The van der Waals surface area contributed by atoms with E-state index >= 15 is 0 Å². The van der Waals surface area contributed by atoms with Gasteiger partial charge in [-0.05, 0) is 116 Å². The number of rotatable bonds is 56. The Balaban J connectivity index is 4.10. The van der Waals surface area contributed by atoms with Crippen molar-refractivity contribution in [3.63, 3.8) is 0 Å². The smallest absolute Gasteiger partial charge is 0.306 e. The van der Waals surface area contributed by atoms with E-state index in [-0.39, 0.29) is 31.1 Å². The van der Waals surface area contributed by atoms with Crippen LogP contribution in [-0.4, -0.2) is 37.2 Å². The highest BCUT2D eigenvalue weighted by Crippen LogP contribution is 2.15. The molecular weight excluding hydrogens is 949 g/mol. The Bertz CT molecular complexity index is 1650. The van der Waals surface area contributed by atoms with Crippen molar-refractivity contribution in [2.75, 3.05) is 13.2 Å². The summed E-state index contributed by atoms with van der Waals surface area (Å²) in [6.45, 7) is 6.32. The van der Waals surface area contributed by atoms with Crippen LogP contribution < -0.4 is 0 Å². The molecule has 1 atom stereocenters. The van der Waals surface area contributed by atoms with Gasteiger partial charge < -0.3 is 14.2 Å². The Morgan fingerprint density at radius 2 is 0.506 bits per heavy atom. The molecule has 1 unspecified atom stereocenters. The van der Waals surface area contributed by atoms with Crippen molar-refractivity contribution in [2.45, 2.75) is 284 Å². The van der Waals surface area contributed by atoms with Crippen LogP contribution in [0.1, 0.15) is 278 Å². The number of carbonyl (C=O) groups excluding carboxylic acids is 3. The second-order valence-corrected chi connectivity index (χ2v) is 20.6. The molecule has 0 aromatic rings. The predicted molar refractivity (Wildman–Crippen MR) is 334 cm³/mol. The van der Waals surface area contributed by atoms with Crippen LogP contribution in [0.15, 0.2) is 134 Å². The van der Waals surface area contributed by atoms with Crippen LogP contribution in [0.2, 0.25) is 0 Å². The molecule has 436 valence electrons. The molecule has 0 aromatic heterocycles. The molecule has 0 fully saturated rings. The molecule has 0 radical (unpaired) electrons. The molecule has 0 bridgehead atoms. The van der Waals surface area contributed by atoms with Gasteiger partial charge in [0.2, 0.25) is 0 Å². The van der Waals surface area contributed by atoms with Gasteiger partial charge in [-0.2, -0.15) is 0 Å². The third-order valence-corrected chi connectivity index (χ3v) is 13.2. The van der Waals surface area contributed by atoms with E-state index in [4.69, 9.17) is 14.2 Å². The normalized spacial score (nSPS) is 13.0. The molecule has 0 heterocycles. The molecule has 0 aromatic carbocycles. The van der Waals surface area contributed by atoms with Gasteiger partial charge >= 0.3 is 17.9 Å². The highest BCUT2D eigenvalue weighted by Gasteiger charge is 2.19. The first-order valence-electron chi connectivity index (χ1n) is 31.7. The summed E-state index contributed by atoms with van der Waals surface area (Å²) in [6, 6.07) is 0. The molecule has 77 heavy (non-hydrogen) atoms. The van der Waals surface area contributed by atoms with E-state index in [1.807, 2.05) is 0 Å². The molecule has 6 heteroatoms. The van der Waals surface area contributed by atoms with E-state index in [0.29, 0.717) is 19.3 Å². The molecule has 0 saturated carbocycles. The Kier molecular flexibility index (Phi) is 60.4. The fourth-order valence-electron chi connectivity index (χ4n) is 8.47. The van der Waals surface area contributed by atoms with E-state index in [2.05, 4.69) is 154 Å². The lowest BCUT2D eigenvalue weighted by Crippen LogP contribution is -2.30. The van der Waals surface area contributed by atoms with Crippen molar-refractivity contribution in [3.8, 4) is 0 Å². The molecule has 0 aliphatic rings. The zero-order valence-electron chi connectivity index (χ0n) is 49.9. The summed E-state index contributed by atoms with van der Waals surface area (Å²) in [5.74, 6) is -0.910. The van der Waals surface area contributed by atoms with Gasteiger partial charge in [0.25, 0.3) is 0 Å². The van der Waals surface area contributed by atoms with Crippen LogP contribution in [0, 0.1) is 0 Å². The first-order valence-corrected chi connectivity index (χ1v) is 31.7. The quantitative estimate of drug-likeness (QED) is 0.0261. The molecular formula is C71H116O6. The number of unbranched alkanes of at least 4 members (excludes halogenated alkanes) is 23. The van der Waals surface area contributed by atoms with Crippen molar-refractivity contribution in [1.29, 1.82) is 0 Å². The summed E-state index contributed by atoms with van der Waals surface area (Å²) in [7, 11) is 0. The molecule has 0 spiro atoms. The maximum Gasteiger partial charge on any atom is 0.306 e. The number of ether oxygens (including phenoxy) is 3. The lowest BCUT2D eigenvalue weighted by atomic mass is 10.0. The van der Waals surface area contributed by atoms with Crippen LogP contribution in [0.3, 0.4) is 0 Å². The second kappa shape index (κ2) is 64.1. The van der Waals surface area contributed by atoms with Gasteiger partial charge in [-0.1, -0.05) is 276 Å². The van der Waals surface area contributed by atoms with Gasteiger partial charge in [-0.15, -0.1) is 0 Å². The molecule has 0 saturated heterocycles. The van der Waals surface area contributed by atoms with Crippen molar-refractivity contribution in [3.05, 3.63) is 134 Å². The molecule has 0 rings (SSSR count). The minimum Gasteiger partial charge on any atom is -0.462 e. The van der Waals surface area contributed by atoms with Crippen molar-refractivity contribution < 1.29 is 28.6 Å². The second-order valence-electron chi connectivity index (χ2n) is 20.6. The van der Waals surface area contributed by atoms with Crippen LogP contribution in [-0.2, 0) is 28.6 Å². The number of hydrogen-bond donors (Lipinski definition) is 0. The first-order chi connectivity index (χ1) is 38.0. The fraction of sp³-hybridized carbons (Fsp3) is 0.648. The molecule has 6 nitrogen and oxygen atoms in total. The largest absolute Gasteiger partial charge is 0.462 e. The van der Waals surface area contributed by atoms with E-state index in [1.165, 1.54) is 96.3 Å². The van der Waals surface area contributed by atoms with E-state index < -0.39 is 6.10 Å². The third-order valence-electron chi connectivity index (χ3n) is 13.2. The first kappa shape index (κ1) is 72.5. The average molecular weight is 1070 g/mol. The van der Waals surface area contributed by atoms with Gasteiger partial charge in [-0.3, -0.25) is 14.4 Å². The zero-order chi connectivity index (χ0) is 55.7. The molecule has 0 amide bonds. The van der Waals surface area contributed by atoms with Crippen LogP contribution in [0.4, 0.5) is 0 Å². The highest BCUT2D eigenvalue weighted by molar-refractivity contribution is 5.71. The summed E-state index contributed by atoms with van der Waals surface area (Å²) < 4.78 is 16.8. The highest BCUT2D eigenvalue weighted by atomic mass is 16.6. The number of hydrogen-bond acceptors (Lipinski definition) is 6. The van der Waals surface area contributed by atoms with Crippen molar-refractivity contribution in [1.82, 2.24) is 0 Å². The Labute approximate surface area is 475 Å². The summed E-state index contributed by atoms with van der Waals surface area (Å²) >= 11 is 0. The number of allylic oxidation sites excluding steroid dienone is 22. The lowest BCUT2D eigenvalue weighted by Gasteiger charge is -2.18. The zero-order valence-corrected chi connectivity index (χ0v) is 49.9. The van der Waals surface area contributed by atoms with Gasteiger partial charge in [-0.25, -0.2) is 0 Å². The Hall–Kier alpha value is -4.45. The standard InChI is InChI=1S/C71H116O6/c1-4-7-10-13-15-17-19-21-23-25-27-29-31-33-35-37-39-41-43-45-47-49-51-53-55-58-61-64-70(73)76-67-68(66-75-69(72)63-60-57-12-9-6-3)77-71(74)65-62-59-56-54-52-50-48-46-44-42-40-38-36-34-32-30-28-26-24-22-20-18-16-14-11-8-5-2/h7-8,10-11,15-18,21-24,27-30,33-36,39,41,68H,4-6,9,12-14,19-20,25-26,31-32,37-38,40,42-67H2,1-3H3/b10-7-,11-8-,17-15-,18-16-,23-21-,24-22-,29-27-,30-28-,35-33-,36-34-,41-39-. The van der Waals surface area contributed by atoms with Gasteiger partial charge in [0.05, 0.1) is 0 Å². The van der Waals surface area contributed by atoms with E-state index in [0.717, 1.165) is 141 Å². The molecule has 0 aliphatic heterocycles. The Morgan fingerprint density at radius 1 is 0.273 bits per heavy atom. The van der Waals surface area contributed by atoms with Crippen LogP contribution in [0.5, 0.6) is 0 Å². The summed E-state index contributed by atoms with van der Waals surface area (Å²) in [5, 5.41) is 0. The van der Waals surface area contributed by atoms with Crippen molar-refractivity contribution >= 4 is 17.9 Å². The number of esters is 3. The molecule has 0 N–H and O–H groups in total. The maximum absolute atomic E-state index is 12.8. The Morgan fingerprint density at radius 3 is 0.792 bits per heavy atom. The minimum absolute atomic E-state index is 0.0848. The fourth-order valence-corrected chi connectivity index (χ4v) is 8.47. The summed E-state index contributed by atoms with van der Waals surface area (Å²) in [6.07, 6.45) is 90.7. The van der Waals surface area contributed by atoms with Gasteiger partial charge in [0, 0.05) is 19.3 Å². The third kappa shape index (κ3) is 62.3. The van der Waals surface area contributed by atoms with E-state index in [9.17, 15) is 14.4 Å².